The fourth-order valence-electron chi connectivity index (χ4n) is 6.87. The van der Waals surface area contributed by atoms with Gasteiger partial charge in [-0.3, -0.25) is 14.5 Å². The van der Waals surface area contributed by atoms with Crippen LogP contribution in [0.25, 0.3) is 27.2 Å². The lowest BCUT2D eigenvalue weighted by molar-refractivity contribution is -0.134. The van der Waals surface area contributed by atoms with Gasteiger partial charge in [-0.1, -0.05) is 70.5 Å². The summed E-state index contributed by atoms with van der Waals surface area (Å²) < 4.78 is 1.02. The van der Waals surface area contributed by atoms with Crippen molar-refractivity contribution in [2.24, 2.45) is 5.92 Å². The monoisotopic (exact) mass is 638 g/mol. The molecule has 1 unspecified atom stereocenters. The SMILES string of the molecule is CCN(CC)C(=O)[C@@H]1C=C2c3cccc4[nH]cc(c34)C[C@H]2N(C)C1.O=C(c1cccc2c(Br)cccc12)C1CCC=CN1. The average Bonchev–Trinajstić information content (AvgIpc) is 3.46. The first-order valence-electron chi connectivity index (χ1n) is 15.3. The highest BCUT2D eigenvalue weighted by molar-refractivity contribution is 9.10. The van der Waals surface area contributed by atoms with Crippen molar-refractivity contribution < 1.29 is 9.59 Å². The summed E-state index contributed by atoms with van der Waals surface area (Å²) in [6, 6.07) is 18.6. The molecule has 0 fully saturated rings. The zero-order chi connectivity index (χ0) is 30.1. The number of ketones is 1. The van der Waals surface area contributed by atoms with Gasteiger partial charge < -0.3 is 15.2 Å². The minimum Gasteiger partial charge on any atom is -0.381 e. The predicted octanol–water partition coefficient (Wildman–Crippen LogP) is 6.96. The Hall–Kier alpha value is -3.68. The first kappa shape index (κ1) is 29.4. The molecule has 43 heavy (non-hydrogen) atoms. The Kier molecular flexibility index (Phi) is 8.55. The van der Waals surface area contributed by atoms with Gasteiger partial charge in [0.2, 0.25) is 5.91 Å². The fraction of sp³-hybridized carbons (Fsp3) is 0.333. The number of benzene rings is 3. The second-order valence-electron chi connectivity index (χ2n) is 11.6. The molecular weight excluding hydrogens is 600 g/mol. The van der Waals surface area contributed by atoms with Gasteiger partial charge in [0, 0.05) is 52.8 Å². The molecule has 3 heterocycles. The summed E-state index contributed by atoms with van der Waals surface area (Å²) in [5, 5.41) is 6.59. The molecule has 4 aromatic rings. The molecule has 1 aliphatic carbocycles. The molecular formula is C36H39BrN4O2. The first-order valence-corrected chi connectivity index (χ1v) is 16.1. The van der Waals surface area contributed by atoms with E-state index in [1.54, 1.807) is 0 Å². The molecule has 222 valence electrons. The van der Waals surface area contributed by atoms with Crippen LogP contribution in [0.4, 0.5) is 0 Å². The topological polar surface area (TPSA) is 68.4 Å². The quantitative estimate of drug-likeness (QED) is 0.232. The van der Waals surface area contributed by atoms with Crippen LogP contribution in [-0.2, 0) is 11.2 Å². The van der Waals surface area contributed by atoms with E-state index < -0.39 is 0 Å². The van der Waals surface area contributed by atoms with E-state index in [4.69, 9.17) is 0 Å². The number of aromatic amines is 1. The number of nitrogens with zero attached hydrogens (tertiary/aromatic N) is 2. The number of fused-ring (bicyclic) bond motifs is 3. The Bertz CT molecular complexity index is 1730. The van der Waals surface area contributed by atoms with Crippen LogP contribution in [0.15, 0.2) is 83.6 Å². The molecule has 0 saturated heterocycles. The Balaban J connectivity index is 0.000000157. The molecule has 6 nitrogen and oxygen atoms in total. The highest BCUT2D eigenvalue weighted by Crippen LogP contribution is 2.41. The summed E-state index contributed by atoms with van der Waals surface area (Å²) in [6.45, 7) is 6.47. The number of rotatable bonds is 5. The van der Waals surface area contributed by atoms with Crippen molar-refractivity contribution >= 4 is 54.9 Å². The third kappa shape index (κ3) is 5.56. The molecule has 1 amide bonds. The highest BCUT2D eigenvalue weighted by Gasteiger charge is 2.36. The number of Topliss-reactive ketones (excluding diaryl/α,β-unsaturated/α-hetero) is 1. The van der Waals surface area contributed by atoms with Crippen molar-refractivity contribution in [2.75, 3.05) is 26.7 Å². The van der Waals surface area contributed by atoms with Crippen molar-refractivity contribution in [3.05, 3.63) is 100 Å². The molecule has 0 radical (unpaired) electrons. The minimum atomic E-state index is -0.102. The smallest absolute Gasteiger partial charge is 0.230 e. The van der Waals surface area contributed by atoms with Gasteiger partial charge in [0.25, 0.3) is 0 Å². The molecule has 0 spiro atoms. The Morgan fingerprint density at radius 2 is 1.79 bits per heavy atom. The third-order valence-corrected chi connectivity index (χ3v) is 9.84. The van der Waals surface area contributed by atoms with E-state index >= 15 is 0 Å². The Morgan fingerprint density at radius 1 is 1.02 bits per heavy atom. The predicted molar refractivity (Wildman–Crippen MR) is 179 cm³/mol. The van der Waals surface area contributed by atoms with Gasteiger partial charge in [0.15, 0.2) is 5.78 Å². The number of hydrogen-bond acceptors (Lipinski definition) is 4. The van der Waals surface area contributed by atoms with E-state index in [1.807, 2.05) is 47.5 Å². The van der Waals surface area contributed by atoms with Crippen LogP contribution in [0.2, 0.25) is 0 Å². The summed E-state index contributed by atoms with van der Waals surface area (Å²) in [6.07, 6.45) is 11.2. The number of aromatic nitrogens is 1. The van der Waals surface area contributed by atoms with Crippen molar-refractivity contribution in [2.45, 2.75) is 45.2 Å². The average molecular weight is 640 g/mol. The number of allylic oxidation sites excluding steroid dienone is 1. The number of nitrogens with one attached hydrogen (secondary N) is 2. The largest absolute Gasteiger partial charge is 0.381 e. The number of amides is 1. The van der Waals surface area contributed by atoms with Gasteiger partial charge >= 0.3 is 0 Å². The zero-order valence-electron chi connectivity index (χ0n) is 25.1. The lowest BCUT2D eigenvalue weighted by atomic mass is 9.79. The number of hydrogen-bond donors (Lipinski definition) is 2. The molecule has 2 aliphatic heterocycles. The Morgan fingerprint density at radius 3 is 2.56 bits per heavy atom. The molecule has 0 bridgehead atoms. The molecule has 7 rings (SSSR count). The van der Waals surface area contributed by atoms with Crippen LogP contribution in [0.1, 0.15) is 48.2 Å². The number of likely N-dealkylation sites (N-methyl/N-ethyl adjacent to an activating group) is 1. The number of H-pyrrole nitrogens is 1. The van der Waals surface area contributed by atoms with Gasteiger partial charge in [0.1, 0.15) is 0 Å². The maximum Gasteiger partial charge on any atom is 0.230 e. The first-order chi connectivity index (χ1) is 20.9. The van der Waals surface area contributed by atoms with E-state index in [-0.39, 0.29) is 23.7 Å². The van der Waals surface area contributed by atoms with E-state index in [0.29, 0.717) is 6.04 Å². The van der Waals surface area contributed by atoms with Crippen molar-refractivity contribution in [1.29, 1.82) is 0 Å². The van der Waals surface area contributed by atoms with Crippen LogP contribution >= 0.6 is 15.9 Å². The lowest BCUT2D eigenvalue weighted by Crippen LogP contribution is -2.47. The van der Waals surface area contributed by atoms with Crippen LogP contribution in [0, 0.1) is 5.92 Å². The van der Waals surface area contributed by atoms with Gasteiger partial charge in [-0.25, -0.2) is 0 Å². The second-order valence-corrected chi connectivity index (χ2v) is 12.5. The highest BCUT2D eigenvalue weighted by atomic mass is 79.9. The van der Waals surface area contributed by atoms with Crippen LogP contribution in [-0.4, -0.2) is 65.2 Å². The van der Waals surface area contributed by atoms with Gasteiger partial charge in [-0.2, -0.15) is 0 Å². The maximum absolute atomic E-state index is 12.9. The molecule has 0 saturated carbocycles. The molecule has 3 aliphatic rings. The minimum absolute atomic E-state index is 0.0445. The van der Waals surface area contributed by atoms with Crippen molar-refractivity contribution in [1.82, 2.24) is 20.1 Å². The maximum atomic E-state index is 12.9. The standard InChI is InChI=1S/C20H25N3O.C16H14BrNO/c1-4-23(5-2)20(24)14-9-16-15-7-6-8-17-19(15)13(11-21-17)10-18(16)22(3)12-14;17-14-8-4-5-11-12(14)6-3-7-13(11)16(19)15-9-1-2-10-18-15/h6-9,11,14,18,21H,4-5,10,12H2,1-3H3;2-8,10,15,18H,1,9H2/t14-,18-;/m1./s1. The van der Waals surface area contributed by atoms with Crippen LogP contribution in [0.5, 0.6) is 0 Å². The fourth-order valence-corrected chi connectivity index (χ4v) is 7.37. The van der Waals surface area contributed by atoms with E-state index in [9.17, 15) is 9.59 Å². The number of carbonyl (C=O) groups is 2. The van der Waals surface area contributed by atoms with Gasteiger partial charge in [0.05, 0.1) is 12.0 Å². The molecule has 1 aromatic heterocycles. The van der Waals surface area contributed by atoms with Crippen LogP contribution in [0.3, 0.4) is 0 Å². The van der Waals surface area contributed by atoms with Gasteiger partial charge in [-0.05, 0) is 86.0 Å². The number of halogens is 1. The Labute approximate surface area is 261 Å². The summed E-state index contributed by atoms with van der Waals surface area (Å²) in [7, 11) is 2.15. The lowest BCUT2D eigenvalue weighted by Gasteiger charge is -2.40. The normalized spacial score (nSPS) is 20.9. The summed E-state index contributed by atoms with van der Waals surface area (Å²) in [5.41, 5.74) is 6.01. The second kappa shape index (κ2) is 12.5. The molecule has 3 aromatic carbocycles. The molecule has 2 N–H and O–H groups in total. The van der Waals surface area contributed by atoms with E-state index in [2.05, 4.69) is 88.6 Å². The van der Waals surface area contributed by atoms with E-state index in [0.717, 1.165) is 59.7 Å². The van der Waals surface area contributed by atoms with Crippen molar-refractivity contribution in [3.63, 3.8) is 0 Å². The number of carbonyl (C=O) groups excluding carboxylic acids is 2. The van der Waals surface area contributed by atoms with Crippen molar-refractivity contribution in [3.8, 4) is 0 Å². The third-order valence-electron chi connectivity index (χ3n) is 9.15. The summed E-state index contributed by atoms with van der Waals surface area (Å²) in [4.78, 5) is 33.2. The summed E-state index contributed by atoms with van der Waals surface area (Å²) in [5.74, 6) is 0.384. The summed E-state index contributed by atoms with van der Waals surface area (Å²) >= 11 is 3.54. The van der Waals surface area contributed by atoms with E-state index in [1.165, 1.54) is 27.6 Å². The zero-order valence-corrected chi connectivity index (χ0v) is 26.7. The van der Waals surface area contributed by atoms with Crippen LogP contribution < -0.4 is 5.32 Å². The molecule has 3 atom stereocenters. The van der Waals surface area contributed by atoms with Gasteiger partial charge in [-0.15, -0.1) is 0 Å². The molecule has 7 heteroatoms.